The van der Waals surface area contributed by atoms with Crippen LogP contribution in [0.15, 0.2) is 24.4 Å². The predicted octanol–water partition coefficient (Wildman–Crippen LogP) is 1.95. The minimum Gasteiger partial charge on any atom is -0.383 e. The Morgan fingerprint density at radius 3 is 3.00 bits per heavy atom. The highest BCUT2D eigenvalue weighted by molar-refractivity contribution is 6.05. The summed E-state index contributed by atoms with van der Waals surface area (Å²) in [6, 6.07) is 5.56. The lowest BCUT2D eigenvalue weighted by molar-refractivity contribution is 0.0952. The Labute approximate surface area is 140 Å². The molecule has 0 fully saturated rings. The molecule has 7 heteroatoms. The van der Waals surface area contributed by atoms with Gasteiger partial charge in [0.2, 0.25) is 0 Å². The number of methoxy groups -OCH3 is 1. The van der Waals surface area contributed by atoms with Gasteiger partial charge in [-0.15, -0.1) is 0 Å². The lowest BCUT2D eigenvalue weighted by Crippen LogP contribution is -2.23. The first-order valence-electron chi connectivity index (χ1n) is 7.84. The second-order valence-corrected chi connectivity index (χ2v) is 5.69. The molecule has 0 aliphatic rings. The first-order valence-corrected chi connectivity index (χ1v) is 7.84. The number of aromatic amines is 1. The molecule has 0 unspecified atom stereocenters. The summed E-state index contributed by atoms with van der Waals surface area (Å²) in [7, 11) is 1.67. The fourth-order valence-corrected chi connectivity index (χ4v) is 2.81. The van der Waals surface area contributed by atoms with E-state index in [-0.39, 0.29) is 5.91 Å². The van der Waals surface area contributed by atoms with Gasteiger partial charge in [-0.25, -0.2) is 0 Å². The number of carbonyl (C=O) groups excluding carboxylic acids is 1. The molecule has 0 atom stereocenters. The molecule has 0 aliphatic heterocycles. The summed E-state index contributed by atoms with van der Waals surface area (Å²) in [6.07, 6.45) is 1.71. The quantitative estimate of drug-likeness (QED) is 0.725. The number of amides is 1. The number of rotatable bonds is 6. The van der Waals surface area contributed by atoms with Gasteiger partial charge < -0.3 is 10.1 Å². The normalized spacial score (nSPS) is 11.1. The molecule has 0 radical (unpaired) electrons. The first kappa shape index (κ1) is 16.2. The van der Waals surface area contributed by atoms with Crippen molar-refractivity contribution < 1.29 is 9.53 Å². The maximum Gasteiger partial charge on any atom is 0.253 e. The summed E-state index contributed by atoms with van der Waals surface area (Å²) >= 11 is 0. The Bertz CT molecular complexity index is 865. The van der Waals surface area contributed by atoms with E-state index in [1.807, 2.05) is 30.7 Å². The number of hydrogen-bond acceptors (Lipinski definition) is 4. The van der Waals surface area contributed by atoms with Crippen LogP contribution >= 0.6 is 0 Å². The molecule has 2 heterocycles. The van der Waals surface area contributed by atoms with E-state index in [9.17, 15) is 4.79 Å². The van der Waals surface area contributed by atoms with E-state index in [2.05, 4.69) is 20.6 Å². The molecular formula is C17H21N5O2. The number of ether oxygens (including phenoxy) is 1. The fraction of sp³-hybridized carbons (Fsp3) is 0.353. The minimum atomic E-state index is -0.131. The van der Waals surface area contributed by atoms with Crippen molar-refractivity contribution in [3.8, 4) is 0 Å². The van der Waals surface area contributed by atoms with Crippen LogP contribution in [0.1, 0.15) is 27.3 Å². The van der Waals surface area contributed by atoms with Gasteiger partial charge in [-0.05, 0) is 19.9 Å². The van der Waals surface area contributed by atoms with Gasteiger partial charge in [0.05, 0.1) is 36.1 Å². The monoisotopic (exact) mass is 327 g/mol. The van der Waals surface area contributed by atoms with E-state index in [1.54, 1.807) is 19.4 Å². The SMILES string of the molecule is COCCn1nc(C)c(CNC(=O)c2cccc3cn[nH]c23)c1C. The van der Waals surface area contributed by atoms with Crippen LogP contribution in [-0.2, 0) is 17.8 Å². The Morgan fingerprint density at radius 1 is 1.38 bits per heavy atom. The van der Waals surface area contributed by atoms with Crippen LogP contribution in [0, 0.1) is 13.8 Å². The molecular weight excluding hydrogens is 306 g/mol. The van der Waals surface area contributed by atoms with E-state index in [0.29, 0.717) is 25.3 Å². The van der Waals surface area contributed by atoms with Crippen molar-refractivity contribution in [2.24, 2.45) is 0 Å². The lowest BCUT2D eigenvalue weighted by atomic mass is 10.1. The molecule has 1 aromatic carbocycles. The number of fused-ring (bicyclic) bond motifs is 1. The van der Waals surface area contributed by atoms with Gasteiger partial charge in [-0.3, -0.25) is 14.6 Å². The average molecular weight is 327 g/mol. The molecule has 7 nitrogen and oxygen atoms in total. The fourth-order valence-electron chi connectivity index (χ4n) is 2.81. The maximum atomic E-state index is 12.5. The lowest BCUT2D eigenvalue weighted by Gasteiger charge is -2.07. The summed E-state index contributed by atoms with van der Waals surface area (Å²) in [6.45, 7) is 5.70. The van der Waals surface area contributed by atoms with E-state index in [4.69, 9.17) is 4.74 Å². The smallest absolute Gasteiger partial charge is 0.253 e. The van der Waals surface area contributed by atoms with Crippen molar-refractivity contribution in [3.63, 3.8) is 0 Å². The number of nitrogens with zero attached hydrogens (tertiary/aromatic N) is 3. The minimum absolute atomic E-state index is 0.131. The average Bonchev–Trinajstić information content (AvgIpc) is 3.15. The highest BCUT2D eigenvalue weighted by Gasteiger charge is 2.15. The number of para-hydroxylation sites is 1. The van der Waals surface area contributed by atoms with Crippen LogP contribution in [-0.4, -0.2) is 39.6 Å². The second-order valence-electron chi connectivity index (χ2n) is 5.69. The van der Waals surface area contributed by atoms with E-state index in [1.165, 1.54) is 0 Å². The van der Waals surface area contributed by atoms with E-state index in [0.717, 1.165) is 27.9 Å². The standard InChI is InChI=1S/C17H21N5O2/c1-11-15(12(2)22(21-11)7-8-24-3)10-18-17(23)14-6-4-5-13-9-19-20-16(13)14/h4-6,9H,7-8,10H2,1-3H3,(H,18,23)(H,19,20). The third-order valence-electron chi connectivity index (χ3n) is 4.19. The maximum absolute atomic E-state index is 12.5. The van der Waals surface area contributed by atoms with Gasteiger partial charge in [0, 0.05) is 30.3 Å². The van der Waals surface area contributed by atoms with Crippen LogP contribution in [0.4, 0.5) is 0 Å². The van der Waals surface area contributed by atoms with E-state index >= 15 is 0 Å². The van der Waals surface area contributed by atoms with Crippen LogP contribution < -0.4 is 5.32 Å². The van der Waals surface area contributed by atoms with Crippen LogP contribution in [0.2, 0.25) is 0 Å². The zero-order valence-corrected chi connectivity index (χ0v) is 14.1. The number of aryl methyl sites for hydroxylation is 1. The molecule has 2 N–H and O–H groups in total. The molecule has 1 amide bonds. The largest absolute Gasteiger partial charge is 0.383 e. The molecule has 3 rings (SSSR count). The van der Waals surface area contributed by atoms with Gasteiger partial charge in [-0.1, -0.05) is 12.1 Å². The first-order chi connectivity index (χ1) is 11.6. The zero-order valence-electron chi connectivity index (χ0n) is 14.1. The third kappa shape index (κ3) is 3.03. The Hall–Kier alpha value is -2.67. The highest BCUT2D eigenvalue weighted by atomic mass is 16.5. The number of hydrogen-bond donors (Lipinski definition) is 2. The van der Waals surface area contributed by atoms with Gasteiger partial charge in [-0.2, -0.15) is 10.2 Å². The Morgan fingerprint density at radius 2 is 2.21 bits per heavy atom. The highest BCUT2D eigenvalue weighted by Crippen LogP contribution is 2.17. The van der Waals surface area contributed by atoms with Gasteiger partial charge in [0.1, 0.15) is 0 Å². The topological polar surface area (TPSA) is 84.8 Å². The van der Waals surface area contributed by atoms with Crippen LogP contribution in [0.25, 0.3) is 10.9 Å². The summed E-state index contributed by atoms with van der Waals surface area (Å²) < 4.78 is 7.01. The van der Waals surface area contributed by atoms with Crippen molar-refractivity contribution in [1.29, 1.82) is 0 Å². The van der Waals surface area contributed by atoms with Gasteiger partial charge >= 0.3 is 0 Å². The molecule has 0 saturated carbocycles. The molecule has 126 valence electrons. The molecule has 0 bridgehead atoms. The van der Waals surface area contributed by atoms with Crippen molar-refractivity contribution in [3.05, 3.63) is 46.9 Å². The summed E-state index contributed by atoms with van der Waals surface area (Å²) in [5.41, 5.74) is 4.34. The molecule has 0 aliphatic carbocycles. The van der Waals surface area contributed by atoms with E-state index < -0.39 is 0 Å². The number of H-pyrrole nitrogens is 1. The van der Waals surface area contributed by atoms with Crippen molar-refractivity contribution in [2.45, 2.75) is 26.9 Å². The number of nitrogens with one attached hydrogen (secondary N) is 2. The number of carbonyl (C=O) groups is 1. The predicted molar refractivity (Wildman–Crippen MR) is 90.8 cm³/mol. The summed E-state index contributed by atoms with van der Waals surface area (Å²) in [5, 5.41) is 15.3. The van der Waals surface area contributed by atoms with Crippen LogP contribution in [0.3, 0.4) is 0 Å². The van der Waals surface area contributed by atoms with Gasteiger partial charge in [0.15, 0.2) is 0 Å². The van der Waals surface area contributed by atoms with Crippen molar-refractivity contribution >= 4 is 16.8 Å². The van der Waals surface area contributed by atoms with Crippen molar-refractivity contribution in [2.75, 3.05) is 13.7 Å². The number of benzene rings is 1. The second kappa shape index (κ2) is 6.84. The Balaban J connectivity index is 1.75. The summed E-state index contributed by atoms with van der Waals surface area (Å²) in [4.78, 5) is 12.5. The van der Waals surface area contributed by atoms with Crippen molar-refractivity contribution in [1.82, 2.24) is 25.3 Å². The number of aromatic nitrogens is 4. The van der Waals surface area contributed by atoms with Gasteiger partial charge in [0.25, 0.3) is 5.91 Å². The third-order valence-corrected chi connectivity index (χ3v) is 4.19. The Kier molecular flexibility index (Phi) is 4.61. The molecule has 3 aromatic rings. The molecule has 0 saturated heterocycles. The molecule has 2 aromatic heterocycles. The zero-order chi connectivity index (χ0) is 17.1. The molecule has 24 heavy (non-hydrogen) atoms. The molecule has 0 spiro atoms. The summed E-state index contributed by atoms with van der Waals surface area (Å²) in [5.74, 6) is -0.131. The van der Waals surface area contributed by atoms with Crippen LogP contribution in [0.5, 0.6) is 0 Å².